The summed E-state index contributed by atoms with van der Waals surface area (Å²) in [5.74, 6) is -0.691. The first kappa shape index (κ1) is 12.5. The summed E-state index contributed by atoms with van der Waals surface area (Å²) >= 11 is 0. The third-order valence-corrected chi connectivity index (χ3v) is 3.13. The summed E-state index contributed by atoms with van der Waals surface area (Å²) in [5.41, 5.74) is 0. The highest BCUT2D eigenvalue weighted by Gasteiger charge is 2.32. The van der Waals surface area contributed by atoms with Crippen molar-refractivity contribution in [3.8, 4) is 0 Å². The first-order chi connectivity index (χ1) is 7.20. The zero-order valence-electron chi connectivity index (χ0n) is 9.61. The van der Waals surface area contributed by atoms with Gasteiger partial charge < -0.3 is 9.84 Å². The van der Waals surface area contributed by atoms with Crippen molar-refractivity contribution in [1.82, 2.24) is 4.90 Å². The van der Waals surface area contributed by atoms with Gasteiger partial charge in [0, 0.05) is 13.2 Å². The van der Waals surface area contributed by atoms with Crippen molar-refractivity contribution in [2.24, 2.45) is 0 Å². The van der Waals surface area contributed by atoms with Gasteiger partial charge in [-0.15, -0.1) is 0 Å². The lowest BCUT2D eigenvalue weighted by atomic mass is 9.99. The summed E-state index contributed by atoms with van der Waals surface area (Å²) in [6, 6.07) is -0.0600. The number of carbonyl (C=O) groups is 1. The fraction of sp³-hybridized carbons (Fsp3) is 0.909. The molecule has 4 nitrogen and oxygen atoms in total. The molecule has 2 unspecified atom stereocenters. The molecule has 88 valence electrons. The van der Waals surface area contributed by atoms with E-state index in [2.05, 4.69) is 11.8 Å². The molecule has 1 saturated heterocycles. The van der Waals surface area contributed by atoms with E-state index in [1.807, 2.05) is 0 Å². The Kier molecular flexibility index (Phi) is 5.05. The molecule has 1 fully saturated rings. The van der Waals surface area contributed by atoms with Crippen LogP contribution in [0.3, 0.4) is 0 Å². The van der Waals surface area contributed by atoms with Gasteiger partial charge in [-0.05, 0) is 25.8 Å². The number of nitrogens with zero attached hydrogens (tertiary/aromatic N) is 1. The third-order valence-electron chi connectivity index (χ3n) is 3.13. The highest BCUT2D eigenvalue weighted by Crippen LogP contribution is 2.21. The van der Waals surface area contributed by atoms with Crippen LogP contribution in [0.1, 0.15) is 32.6 Å². The van der Waals surface area contributed by atoms with Crippen LogP contribution < -0.4 is 0 Å². The van der Waals surface area contributed by atoms with Crippen LogP contribution in [-0.4, -0.2) is 48.3 Å². The zero-order chi connectivity index (χ0) is 11.3. The summed E-state index contributed by atoms with van der Waals surface area (Å²) in [6.45, 7) is 3.59. The van der Waals surface area contributed by atoms with Gasteiger partial charge in [0.05, 0.1) is 6.61 Å². The number of rotatable bonds is 5. The highest BCUT2D eigenvalue weighted by molar-refractivity contribution is 5.73. The summed E-state index contributed by atoms with van der Waals surface area (Å²) in [5, 5.41) is 9.14. The Bertz CT molecular complexity index is 208. The Morgan fingerprint density at radius 3 is 2.87 bits per heavy atom. The molecule has 0 amide bonds. The number of methoxy groups -OCH3 is 1. The standard InChI is InChI=1S/C11H21NO3/c1-3-9(8-15-2)12-7-5-4-6-10(12)11(13)14/h9-10H,3-8H2,1-2H3,(H,13,14). The molecule has 0 aromatic heterocycles. The van der Waals surface area contributed by atoms with Crippen LogP contribution in [-0.2, 0) is 9.53 Å². The Hall–Kier alpha value is -0.610. The van der Waals surface area contributed by atoms with E-state index < -0.39 is 5.97 Å². The minimum absolute atomic E-state index is 0.247. The number of carboxylic acids is 1. The minimum Gasteiger partial charge on any atom is -0.480 e. The maximum atomic E-state index is 11.1. The average molecular weight is 215 g/mol. The number of hydrogen-bond acceptors (Lipinski definition) is 3. The van der Waals surface area contributed by atoms with Crippen LogP contribution in [0.5, 0.6) is 0 Å². The van der Waals surface area contributed by atoms with Crippen LogP contribution in [0, 0.1) is 0 Å². The van der Waals surface area contributed by atoms with Crippen molar-refractivity contribution >= 4 is 5.97 Å². The van der Waals surface area contributed by atoms with Crippen molar-refractivity contribution in [3.05, 3.63) is 0 Å². The predicted octanol–water partition coefficient (Wildman–Crippen LogP) is 1.35. The van der Waals surface area contributed by atoms with Crippen LogP contribution in [0.15, 0.2) is 0 Å². The molecule has 1 rings (SSSR count). The molecule has 15 heavy (non-hydrogen) atoms. The molecule has 1 aliphatic rings. The maximum absolute atomic E-state index is 11.1. The molecule has 0 spiro atoms. The SMILES string of the molecule is CCC(COC)N1CCCCC1C(=O)O. The van der Waals surface area contributed by atoms with E-state index in [4.69, 9.17) is 9.84 Å². The van der Waals surface area contributed by atoms with Gasteiger partial charge in [-0.1, -0.05) is 13.3 Å². The monoisotopic (exact) mass is 215 g/mol. The van der Waals surface area contributed by atoms with Crippen molar-refractivity contribution in [2.75, 3.05) is 20.3 Å². The van der Waals surface area contributed by atoms with Crippen molar-refractivity contribution in [2.45, 2.75) is 44.7 Å². The fourth-order valence-corrected chi connectivity index (χ4v) is 2.30. The van der Waals surface area contributed by atoms with E-state index in [0.29, 0.717) is 6.61 Å². The first-order valence-electron chi connectivity index (χ1n) is 5.68. The highest BCUT2D eigenvalue weighted by atomic mass is 16.5. The van der Waals surface area contributed by atoms with Crippen molar-refractivity contribution in [3.63, 3.8) is 0 Å². The number of piperidine rings is 1. The Morgan fingerprint density at radius 1 is 1.60 bits per heavy atom. The number of likely N-dealkylation sites (tertiary alicyclic amines) is 1. The number of carboxylic acid groups (broad SMARTS) is 1. The van der Waals surface area contributed by atoms with E-state index in [9.17, 15) is 4.79 Å². The maximum Gasteiger partial charge on any atom is 0.320 e. The molecule has 0 bridgehead atoms. The normalized spacial score (nSPS) is 25.1. The van der Waals surface area contributed by atoms with E-state index in [1.54, 1.807) is 7.11 Å². The number of aliphatic carboxylic acids is 1. The van der Waals surface area contributed by atoms with Crippen LogP contribution in [0.2, 0.25) is 0 Å². The summed E-state index contributed by atoms with van der Waals surface area (Å²) in [6.07, 6.45) is 3.84. The average Bonchev–Trinajstić information content (AvgIpc) is 2.26. The van der Waals surface area contributed by atoms with Gasteiger partial charge in [-0.2, -0.15) is 0 Å². The second-order valence-corrected chi connectivity index (χ2v) is 4.11. The van der Waals surface area contributed by atoms with E-state index in [1.165, 1.54) is 0 Å². The Labute approximate surface area is 91.2 Å². The topological polar surface area (TPSA) is 49.8 Å². The molecule has 0 saturated carbocycles. The van der Waals surface area contributed by atoms with Crippen LogP contribution in [0.25, 0.3) is 0 Å². The van der Waals surface area contributed by atoms with Gasteiger partial charge in [-0.3, -0.25) is 9.69 Å². The van der Waals surface area contributed by atoms with E-state index in [-0.39, 0.29) is 12.1 Å². The third kappa shape index (κ3) is 3.18. The second kappa shape index (κ2) is 6.08. The van der Waals surface area contributed by atoms with Crippen molar-refractivity contribution in [1.29, 1.82) is 0 Å². The Morgan fingerprint density at radius 2 is 2.33 bits per heavy atom. The van der Waals surface area contributed by atoms with Gasteiger partial charge in [0.2, 0.25) is 0 Å². The Balaban J connectivity index is 2.64. The fourth-order valence-electron chi connectivity index (χ4n) is 2.30. The molecular formula is C11H21NO3. The van der Waals surface area contributed by atoms with Gasteiger partial charge in [-0.25, -0.2) is 0 Å². The predicted molar refractivity (Wildman–Crippen MR) is 57.9 cm³/mol. The first-order valence-corrected chi connectivity index (χ1v) is 5.68. The molecule has 1 N–H and O–H groups in total. The van der Waals surface area contributed by atoms with E-state index in [0.717, 1.165) is 32.2 Å². The minimum atomic E-state index is -0.691. The van der Waals surface area contributed by atoms with Gasteiger partial charge in [0.1, 0.15) is 6.04 Å². The summed E-state index contributed by atoms with van der Waals surface area (Å²) in [4.78, 5) is 13.2. The zero-order valence-corrected chi connectivity index (χ0v) is 9.61. The lowest BCUT2D eigenvalue weighted by Crippen LogP contribution is -2.51. The van der Waals surface area contributed by atoms with E-state index >= 15 is 0 Å². The molecule has 2 atom stereocenters. The molecule has 1 heterocycles. The quantitative estimate of drug-likeness (QED) is 0.752. The lowest BCUT2D eigenvalue weighted by Gasteiger charge is -2.38. The smallest absolute Gasteiger partial charge is 0.320 e. The molecule has 1 aliphatic heterocycles. The largest absolute Gasteiger partial charge is 0.480 e. The van der Waals surface area contributed by atoms with Gasteiger partial charge >= 0.3 is 5.97 Å². The molecule has 0 aromatic rings. The lowest BCUT2D eigenvalue weighted by molar-refractivity contribution is -0.146. The number of ether oxygens (including phenoxy) is 1. The van der Waals surface area contributed by atoms with Crippen LogP contribution >= 0.6 is 0 Å². The van der Waals surface area contributed by atoms with Crippen LogP contribution in [0.4, 0.5) is 0 Å². The summed E-state index contributed by atoms with van der Waals surface area (Å²) < 4.78 is 5.14. The molecule has 4 heteroatoms. The molecule has 0 aromatic carbocycles. The molecular weight excluding hydrogens is 194 g/mol. The van der Waals surface area contributed by atoms with Crippen molar-refractivity contribution < 1.29 is 14.6 Å². The number of hydrogen-bond donors (Lipinski definition) is 1. The summed E-state index contributed by atoms with van der Waals surface area (Å²) in [7, 11) is 1.67. The molecule has 0 radical (unpaired) electrons. The second-order valence-electron chi connectivity index (χ2n) is 4.11. The van der Waals surface area contributed by atoms with Gasteiger partial charge in [0.25, 0.3) is 0 Å². The molecule has 0 aliphatic carbocycles. The van der Waals surface area contributed by atoms with Gasteiger partial charge in [0.15, 0.2) is 0 Å².